The highest BCUT2D eigenvalue weighted by atomic mass is 16.5. The van der Waals surface area contributed by atoms with E-state index in [4.69, 9.17) is 10.5 Å². The van der Waals surface area contributed by atoms with Gasteiger partial charge in [-0.2, -0.15) is 0 Å². The van der Waals surface area contributed by atoms with E-state index in [0.29, 0.717) is 11.3 Å². The second kappa shape index (κ2) is 8.06. The van der Waals surface area contributed by atoms with Gasteiger partial charge in [-0.1, -0.05) is 6.08 Å². The zero-order valence-corrected chi connectivity index (χ0v) is 16.4. The van der Waals surface area contributed by atoms with Gasteiger partial charge in [0.05, 0.1) is 13.0 Å². The number of hydrogen-bond acceptors (Lipinski definition) is 7. The number of methoxy groups -OCH3 is 1. The fraction of sp³-hybridized carbons (Fsp3) is 0.429. The maximum absolute atomic E-state index is 13.0. The maximum Gasteiger partial charge on any atom is 0.333 e. The van der Waals surface area contributed by atoms with Crippen molar-refractivity contribution in [3.63, 3.8) is 0 Å². The minimum atomic E-state index is -1.98. The first-order valence-corrected chi connectivity index (χ1v) is 8.96. The molecule has 1 aromatic carbocycles. The Balaban J connectivity index is 2.50. The molecule has 3 N–H and O–H groups in total. The summed E-state index contributed by atoms with van der Waals surface area (Å²) < 4.78 is 4.79. The molecule has 0 aromatic heterocycles. The van der Waals surface area contributed by atoms with Crippen molar-refractivity contribution in [1.82, 2.24) is 0 Å². The number of carbonyl (C=O) groups is 4. The number of esters is 1. The average molecular weight is 387 g/mol. The molecule has 28 heavy (non-hydrogen) atoms. The largest absolute Gasteiger partial charge is 0.466 e. The van der Waals surface area contributed by atoms with Crippen molar-refractivity contribution in [3.8, 4) is 0 Å². The Kier molecular flexibility index (Phi) is 6.19. The summed E-state index contributed by atoms with van der Waals surface area (Å²) in [6, 6.07) is 6.23. The summed E-state index contributed by atoms with van der Waals surface area (Å²) in [5.41, 5.74) is 4.60. The van der Waals surface area contributed by atoms with E-state index in [-0.39, 0.29) is 17.8 Å². The van der Waals surface area contributed by atoms with Gasteiger partial charge in [0.2, 0.25) is 0 Å². The lowest BCUT2D eigenvalue weighted by Gasteiger charge is -2.27. The van der Waals surface area contributed by atoms with Gasteiger partial charge in [0.1, 0.15) is 11.4 Å². The van der Waals surface area contributed by atoms with Crippen LogP contribution in [0.25, 0.3) is 0 Å². The molecule has 7 nitrogen and oxygen atoms in total. The van der Waals surface area contributed by atoms with Crippen LogP contribution in [-0.2, 0) is 19.1 Å². The number of anilines is 1. The highest BCUT2D eigenvalue weighted by molar-refractivity contribution is 6.06. The standard InChI is InChI=1S/C21H25NO6/c1-5-14(20(26)28-4)17-15(19(25)21(3,27)18(17)11(2)23)10-16(24)12-6-8-13(22)9-7-12/h5-9,15,17-18,27H,10,22H2,1-4H3/b14-5+/t15-,17-,18-,21+/m0/s1. The van der Waals surface area contributed by atoms with Crippen LogP contribution in [0.1, 0.15) is 37.6 Å². The topological polar surface area (TPSA) is 124 Å². The lowest BCUT2D eigenvalue weighted by molar-refractivity contribution is -0.142. The number of benzene rings is 1. The normalized spacial score (nSPS) is 27.5. The number of carbonyl (C=O) groups excluding carboxylic acids is 4. The van der Waals surface area contributed by atoms with E-state index in [9.17, 15) is 24.3 Å². The summed E-state index contributed by atoms with van der Waals surface area (Å²) in [6.45, 7) is 4.10. The third kappa shape index (κ3) is 3.75. The SMILES string of the molecule is C/C=C(/C(=O)OC)[C@H]1[C@H](CC(=O)c2ccc(N)cc2)C(=O)[C@](C)(O)[C@H]1C(C)=O. The zero-order valence-electron chi connectivity index (χ0n) is 16.4. The minimum Gasteiger partial charge on any atom is -0.466 e. The van der Waals surface area contributed by atoms with E-state index in [1.807, 2.05) is 0 Å². The van der Waals surface area contributed by atoms with Gasteiger partial charge < -0.3 is 15.6 Å². The van der Waals surface area contributed by atoms with Gasteiger partial charge in [0.15, 0.2) is 11.6 Å². The Labute approximate surface area is 163 Å². The van der Waals surface area contributed by atoms with Crippen LogP contribution in [0.5, 0.6) is 0 Å². The average Bonchev–Trinajstić information content (AvgIpc) is 2.83. The molecule has 150 valence electrons. The van der Waals surface area contributed by atoms with Gasteiger partial charge in [-0.3, -0.25) is 14.4 Å². The first kappa shape index (κ1) is 21.5. The van der Waals surface area contributed by atoms with Crippen molar-refractivity contribution in [3.05, 3.63) is 41.5 Å². The first-order valence-electron chi connectivity index (χ1n) is 8.96. The summed E-state index contributed by atoms with van der Waals surface area (Å²) in [5.74, 6) is -5.24. The van der Waals surface area contributed by atoms with Crippen molar-refractivity contribution in [2.24, 2.45) is 17.8 Å². The van der Waals surface area contributed by atoms with Gasteiger partial charge in [-0.25, -0.2) is 4.79 Å². The molecule has 0 heterocycles. The molecule has 1 aromatic rings. The molecule has 0 radical (unpaired) electrons. The van der Waals surface area contributed by atoms with Gasteiger partial charge in [-0.05, 0) is 45.0 Å². The van der Waals surface area contributed by atoms with E-state index >= 15 is 0 Å². The summed E-state index contributed by atoms with van der Waals surface area (Å²) in [5, 5.41) is 10.8. The van der Waals surface area contributed by atoms with Gasteiger partial charge >= 0.3 is 5.97 Å². The van der Waals surface area contributed by atoms with Crippen LogP contribution in [0, 0.1) is 17.8 Å². The summed E-state index contributed by atoms with van der Waals surface area (Å²) >= 11 is 0. The second-order valence-corrected chi connectivity index (χ2v) is 7.22. The van der Waals surface area contributed by atoms with E-state index in [2.05, 4.69) is 0 Å². The lowest BCUT2D eigenvalue weighted by Crippen LogP contribution is -2.42. The first-order chi connectivity index (χ1) is 13.1. The molecule has 1 aliphatic rings. The van der Waals surface area contributed by atoms with Crippen molar-refractivity contribution >= 4 is 29.0 Å². The van der Waals surface area contributed by atoms with Crippen LogP contribution in [0.3, 0.4) is 0 Å². The summed E-state index contributed by atoms with van der Waals surface area (Å²) in [6.07, 6.45) is 1.21. The van der Waals surface area contributed by atoms with Crippen molar-refractivity contribution in [1.29, 1.82) is 0 Å². The minimum absolute atomic E-state index is 0.101. The van der Waals surface area contributed by atoms with Crippen molar-refractivity contribution in [2.75, 3.05) is 12.8 Å². The molecular formula is C21H25NO6. The molecule has 0 saturated heterocycles. The van der Waals surface area contributed by atoms with Crippen molar-refractivity contribution in [2.45, 2.75) is 32.8 Å². The number of Topliss-reactive ketones (excluding diaryl/α,β-unsaturated/α-hetero) is 3. The second-order valence-electron chi connectivity index (χ2n) is 7.22. The van der Waals surface area contributed by atoms with Gasteiger partial charge in [-0.15, -0.1) is 0 Å². The number of ether oxygens (including phenoxy) is 1. The molecule has 1 fully saturated rings. The van der Waals surface area contributed by atoms with E-state index < -0.39 is 40.9 Å². The predicted octanol–water partition coefficient (Wildman–Crippen LogP) is 1.73. The van der Waals surface area contributed by atoms with E-state index in [0.717, 1.165) is 0 Å². The van der Waals surface area contributed by atoms with E-state index in [1.165, 1.54) is 27.0 Å². The van der Waals surface area contributed by atoms with Crippen LogP contribution in [0.2, 0.25) is 0 Å². The molecule has 2 rings (SSSR count). The highest BCUT2D eigenvalue weighted by Crippen LogP contribution is 2.47. The molecule has 7 heteroatoms. The van der Waals surface area contributed by atoms with Crippen LogP contribution in [-0.4, -0.2) is 41.1 Å². The summed E-state index contributed by atoms with van der Waals surface area (Å²) in [7, 11) is 1.19. The van der Waals surface area contributed by atoms with Crippen LogP contribution >= 0.6 is 0 Å². The number of ketones is 3. The predicted molar refractivity (Wildman–Crippen MR) is 102 cm³/mol. The number of nitrogens with two attached hydrogens (primary N) is 1. The maximum atomic E-state index is 13.0. The zero-order chi connectivity index (χ0) is 21.2. The van der Waals surface area contributed by atoms with E-state index in [1.54, 1.807) is 31.2 Å². The Morgan fingerprint density at radius 3 is 2.29 bits per heavy atom. The Bertz CT molecular complexity index is 837. The summed E-state index contributed by atoms with van der Waals surface area (Å²) in [4.78, 5) is 50.3. The third-order valence-electron chi connectivity index (χ3n) is 5.40. The van der Waals surface area contributed by atoms with Crippen LogP contribution in [0.15, 0.2) is 35.9 Å². The molecule has 1 aliphatic carbocycles. The number of aliphatic hydroxyl groups is 1. The number of rotatable bonds is 6. The molecule has 0 unspecified atom stereocenters. The smallest absolute Gasteiger partial charge is 0.333 e. The fourth-order valence-corrected chi connectivity index (χ4v) is 4.09. The lowest BCUT2D eigenvalue weighted by atomic mass is 9.76. The Hall–Kier alpha value is -2.80. The Morgan fingerprint density at radius 2 is 1.82 bits per heavy atom. The van der Waals surface area contributed by atoms with Crippen LogP contribution in [0.4, 0.5) is 5.69 Å². The molecule has 4 atom stereocenters. The number of hydrogen-bond donors (Lipinski definition) is 2. The molecule has 0 bridgehead atoms. The van der Waals surface area contributed by atoms with Gasteiger partial charge in [0, 0.05) is 35.1 Å². The molecule has 0 spiro atoms. The number of allylic oxidation sites excluding steroid dienone is 1. The monoisotopic (exact) mass is 387 g/mol. The van der Waals surface area contributed by atoms with Crippen molar-refractivity contribution < 1.29 is 29.0 Å². The number of nitrogen functional groups attached to an aromatic ring is 1. The molecular weight excluding hydrogens is 362 g/mol. The molecule has 1 saturated carbocycles. The third-order valence-corrected chi connectivity index (χ3v) is 5.40. The molecule has 0 amide bonds. The Morgan fingerprint density at radius 1 is 1.25 bits per heavy atom. The fourth-order valence-electron chi connectivity index (χ4n) is 4.09. The highest BCUT2D eigenvalue weighted by Gasteiger charge is 2.60. The van der Waals surface area contributed by atoms with Crippen LogP contribution < -0.4 is 5.73 Å². The van der Waals surface area contributed by atoms with Gasteiger partial charge in [0.25, 0.3) is 0 Å². The molecule has 0 aliphatic heterocycles. The quantitative estimate of drug-likeness (QED) is 0.330.